The fraction of sp³-hybridized carbons (Fsp3) is 0.325. The Labute approximate surface area is 307 Å². The molecule has 1 aliphatic rings. The summed E-state index contributed by atoms with van der Waals surface area (Å²) in [5, 5.41) is 34.4. The lowest BCUT2D eigenvalue weighted by molar-refractivity contribution is -0.245. The number of aliphatic hydroxyl groups is 1. The summed E-state index contributed by atoms with van der Waals surface area (Å²) in [5.41, 5.74) is 6.72. The van der Waals surface area contributed by atoms with Crippen LogP contribution in [0.4, 0.5) is 0 Å². The lowest BCUT2D eigenvalue weighted by atomic mass is 9.99. The predicted molar refractivity (Wildman–Crippen MR) is 197 cm³/mol. The van der Waals surface area contributed by atoms with Crippen LogP contribution in [0.3, 0.4) is 0 Å². The molecule has 12 heteroatoms. The van der Waals surface area contributed by atoms with Crippen molar-refractivity contribution in [2.45, 2.75) is 81.8 Å². The summed E-state index contributed by atoms with van der Waals surface area (Å²) < 4.78 is 14.9. The van der Waals surface area contributed by atoms with Crippen molar-refractivity contribution in [3.05, 3.63) is 125 Å². The van der Waals surface area contributed by atoms with Gasteiger partial charge in [0.2, 0.25) is 11.1 Å². The number of para-hydroxylation sites is 1. The van der Waals surface area contributed by atoms with Crippen molar-refractivity contribution >= 4 is 23.6 Å². The number of carboxylic acids is 1. The molecule has 1 amide bonds. The van der Waals surface area contributed by atoms with Gasteiger partial charge >= 0.3 is 5.97 Å². The van der Waals surface area contributed by atoms with Crippen LogP contribution in [0.2, 0.25) is 0 Å². The summed E-state index contributed by atoms with van der Waals surface area (Å²) in [6.45, 7) is 0.418. The van der Waals surface area contributed by atoms with Crippen LogP contribution >= 0.6 is 11.8 Å². The smallest absolute Gasteiger partial charge is 0.303 e. The number of nitrogens with zero attached hydrogens (tertiary/aromatic N) is 4. The molecule has 1 aromatic heterocycles. The average molecular weight is 722 g/mol. The number of rotatable bonds is 17. The molecule has 0 radical (unpaired) electrons. The molecule has 0 spiro atoms. The first-order chi connectivity index (χ1) is 25.4. The Balaban J connectivity index is 1.09. The van der Waals surface area contributed by atoms with Crippen LogP contribution in [-0.2, 0) is 32.2 Å². The fourth-order valence-corrected chi connectivity index (χ4v) is 7.00. The van der Waals surface area contributed by atoms with Gasteiger partial charge in [0, 0.05) is 37.1 Å². The van der Waals surface area contributed by atoms with Crippen LogP contribution in [0.5, 0.6) is 0 Å². The quantitative estimate of drug-likeness (QED) is 0.0665. The minimum Gasteiger partial charge on any atom is -0.481 e. The van der Waals surface area contributed by atoms with Crippen molar-refractivity contribution < 1.29 is 29.3 Å². The third kappa shape index (κ3) is 10.3. The summed E-state index contributed by atoms with van der Waals surface area (Å²) in [7, 11) is 0. The highest BCUT2D eigenvalue weighted by molar-refractivity contribution is 7.99. The minimum absolute atomic E-state index is 0.00503. The van der Waals surface area contributed by atoms with Crippen LogP contribution in [0.25, 0.3) is 16.8 Å². The number of ether oxygens (including phenoxy) is 2. The van der Waals surface area contributed by atoms with E-state index in [1.807, 2.05) is 84.9 Å². The number of aliphatic hydroxyl groups excluding tert-OH is 1. The van der Waals surface area contributed by atoms with Gasteiger partial charge in [-0.2, -0.15) is 4.68 Å². The molecule has 4 aromatic carbocycles. The average Bonchev–Trinajstić information content (AvgIpc) is 3.67. The van der Waals surface area contributed by atoms with E-state index >= 15 is 0 Å². The SMILES string of the molecule is O=C(O)CCCCCCC(=O)NCc1cccc(-c2ccc(C3OC(CSc4nnnn4-c4ccccc4)CC(c4ccc(CO)cc4)O3)cc2)c1. The summed E-state index contributed by atoms with van der Waals surface area (Å²) in [4.78, 5) is 23.0. The number of thioether (sulfide) groups is 1. The molecule has 0 bridgehead atoms. The molecule has 270 valence electrons. The van der Waals surface area contributed by atoms with Crippen molar-refractivity contribution in [2.24, 2.45) is 0 Å². The molecule has 52 heavy (non-hydrogen) atoms. The Morgan fingerprint density at radius 2 is 1.56 bits per heavy atom. The van der Waals surface area contributed by atoms with E-state index < -0.39 is 12.3 Å². The van der Waals surface area contributed by atoms with E-state index in [1.54, 1.807) is 4.68 Å². The molecule has 0 saturated carbocycles. The molecular weight excluding hydrogens is 679 g/mol. The van der Waals surface area contributed by atoms with E-state index in [4.69, 9.17) is 14.6 Å². The number of amides is 1. The first-order valence-electron chi connectivity index (χ1n) is 17.6. The number of aromatic nitrogens is 4. The van der Waals surface area contributed by atoms with Crippen molar-refractivity contribution in [3.63, 3.8) is 0 Å². The van der Waals surface area contributed by atoms with E-state index in [2.05, 4.69) is 39.0 Å². The van der Waals surface area contributed by atoms with Gasteiger partial charge in [-0.1, -0.05) is 110 Å². The van der Waals surface area contributed by atoms with Crippen molar-refractivity contribution in [3.8, 4) is 16.8 Å². The maximum Gasteiger partial charge on any atom is 0.303 e. The predicted octanol–water partition coefficient (Wildman–Crippen LogP) is 7.20. The topological polar surface area (TPSA) is 149 Å². The molecule has 1 aliphatic heterocycles. The minimum atomic E-state index is -0.778. The first-order valence-corrected chi connectivity index (χ1v) is 18.6. The van der Waals surface area contributed by atoms with Crippen molar-refractivity contribution in [1.29, 1.82) is 0 Å². The second kappa shape index (κ2) is 18.6. The Bertz CT molecular complexity index is 1890. The summed E-state index contributed by atoms with van der Waals surface area (Å²) in [6.07, 6.45) is 3.33. The van der Waals surface area contributed by atoms with Crippen LogP contribution in [0.1, 0.15) is 79.6 Å². The van der Waals surface area contributed by atoms with Crippen molar-refractivity contribution in [1.82, 2.24) is 25.5 Å². The van der Waals surface area contributed by atoms with Crippen LogP contribution in [0, 0.1) is 0 Å². The number of hydrogen-bond donors (Lipinski definition) is 3. The van der Waals surface area contributed by atoms with Gasteiger partial charge in [-0.25, -0.2) is 0 Å². The number of benzene rings is 4. The van der Waals surface area contributed by atoms with Gasteiger partial charge in [-0.3, -0.25) is 9.59 Å². The maximum absolute atomic E-state index is 12.4. The Morgan fingerprint density at radius 3 is 2.31 bits per heavy atom. The maximum atomic E-state index is 12.4. The number of nitrogens with one attached hydrogen (secondary N) is 1. The highest BCUT2D eigenvalue weighted by atomic mass is 32.2. The molecule has 1 fully saturated rings. The normalized spacial score (nSPS) is 17.1. The second-order valence-corrected chi connectivity index (χ2v) is 13.8. The molecule has 5 aromatic rings. The molecule has 3 unspecified atom stereocenters. The zero-order chi connectivity index (χ0) is 36.1. The zero-order valence-electron chi connectivity index (χ0n) is 28.8. The van der Waals surface area contributed by atoms with Crippen LogP contribution < -0.4 is 5.32 Å². The Hall–Kier alpha value is -4.88. The molecule has 6 rings (SSSR count). The van der Waals surface area contributed by atoms with Crippen LogP contribution in [0.15, 0.2) is 108 Å². The molecule has 1 saturated heterocycles. The third-order valence-electron chi connectivity index (χ3n) is 8.93. The number of carbonyl (C=O) groups is 2. The molecule has 2 heterocycles. The first kappa shape index (κ1) is 36.9. The monoisotopic (exact) mass is 721 g/mol. The number of carboxylic acid groups (broad SMARTS) is 1. The molecule has 3 N–H and O–H groups in total. The summed E-state index contributed by atoms with van der Waals surface area (Å²) in [5.74, 6) is -0.166. The van der Waals surface area contributed by atoms with E-state index in [9.17, 15) is 14.7 Å². The van der Waals surface area contributed by atoms with Gasteiger partial charge in [0.25, 0.3) is 0 Å². The number of aliphatic carboxylic acids is 1. The molecule has 11 nitrogen and oxygen atoms in total. The number of hydrogen-bond acceptors (Lipinski definition) is 9. The van der Waals surface area contributed by atoms with Gasteiger partial charge in [0.15, 0.2) is 6.29 Å². The zero-order valence-corrected chi connectivity index (χ0v) is 29.7. The van der Waals surface area contributed by atoms with Gasteiger partial charge < -0.3 is 25.0 Å². The van der Waals surface area contributed by atoms with Gasteiger partial charge in [0.05, 0.1) is 24.5 Å². The molecule has 0 aliphatic carbocycles. The van der Waals surface area contributed by atoms with Gasteiger partial charge in [-0.15, -0.1) is 5.10 Å². The Morgan fingerprint density at radius 1 is 0.808 bits per heavy atom. The highest BCUT2D eigenvalue weighted by Crippen LogP contribution is 2.40. The van der Waals surface area contributed by atoms with E-state index in [1.165, 1.54) is 11.8 Å². The summed E-state index contributed by atoms with van der Waals surface area (Å²) >= 11 is 1.54. The van der Waals surface area contributed by atoms with Crippen molar-refractivity contribution in [2.75, 3.05) is 5.75 Å². The fourth-order valence-electron chi connectivity index (χ4n) is 6.09. The highest BCUT2D eigenvalue weighted by Gasteiger charge is 2.32. The Kier molecular flexibility index (Phi) is 13.2. The molecule has 3 atom stereocenters. The number of tetrazole rings is 1. The third-order valence-corrected chi connectivity index (χ3v) is 9.98. The lowest BCUT2D eigenvalue weighted by Gasteiger charge is -2.36. The van der Waals surface area contributed by atoms with Gasteiger partial charge in [-0.05, 0) is 69.3 Å². The summed E-state index contributed by atoms with van der Waals surface area (Å²) in [6, 6.07) is 33.9. The van der Waals surface area contributed by atoms with Crippen LogP contribution in [-0.4, -0.2) is 54.2 Å². The number of unbranched alkanes of at least 4 members (excludes halogenated alkanes) is 3. The lowest BCUT2D eigenvalue weighted by Crippen LogP contribution is -2.31. The number of carbonyl (C=O) groups excluding carboxylic acids is 1. The van der Waals surface area contributed by atoms with E-state index in [0.29, 0.717) is 36.7 Å². The second-order valence-electron chi connectivity index (χ2n) is 12.8. The van der Waals surface area contributed by atoms with E-state index in [-0.39, 0.29) is 31.1 Å². The molecular formula is C40H43N5O6S. The largest absolute Gasteiger partial charge is 0.481 e. The van der Waals surface area contributed by atoms with E-state index in [0.717, 1.165) is 58.3 Å². The standard InChI is InChI=1S/C40H43N5O6S/c46-26-28-15-17-31(18-16-28)36-24-35(27-52-40-42-43-44-45(40)34-11-4-3-5-12-34)50-39(51-36)32-21-19-30(20-22-32)33-10-8-9-29(23-33)25-41-37(47)13-6-1-2-7-14-38(48)49/h3-5,8-12,15-23,35-36,39,46H,1-2,6-7,13-14,24-27H2,(H,41,47)(H,48,49). The van der Waals surface area contributed by atoms with Gasteiger partial charge in [0.1, 0.15) is 0 Å².